The van der Waals surface area contributed by atoms with E-state index in [1.165, 1.54) is 4.90 Å². The zero-order chi connectivity index (χ0) is 26.9. The number of nitrogens with one attached hydrogen (secondary N) is 2. The van der Waals surface area contributed by atoms with Crippen LogP contribution in [-0.4, -0.2) is 71.8 Å². The first-order chi connectivity index (χ1) is 18.4. The molecule has 6 atom stereocenters. The Morgan fingerprint density at radius 3 is 2.55 bits per heavy atom. The number of benzene rings is 2. The number of carbonyl (C=O) groups is 3. The molecule has 0 radical (unpaired) electrons. The van der Waals surface area contributed by atoms with E-state index in [4.69, 9.17) is 9.47 Å². The fraction of sp³-hybridized carbons (Fsp3) is 0.483. The molecule has 2 aromatic carbocycles. The van der Waals surface area contributed by atoms with Crippen LogP contribution in [0.15, 0.2) is 54.6 Å². The van der Waals surface area contributed by atoms with Gasteiger partial charge >= 0.3 is 0 Å². The molecule has 2 aromatic rings. The highest BCUT2D eigenvalue weighted by molar-refractivity contribution is 6.03. The topological polar surface area (TPSA) is 117 Å². The highest BCUT2D eigenvalue weighted by Gasteiger charge is 2.75. The summed E-state index contributed by atoms with van der Waals surface area (Å²) in [5, 5.41) is 16.4. The van der Waals surface area contributed by atoms with Crippen LogP contribution in [0.25, 0.3) is 0 Å². The molecule has 3 heterocycles. The molecule has 38 heavy (non-hydrogen) atoms. The quantitative estimate of drug-likeness (QED) is 0.441. The Balaban J connectivity index is 1.51. The van der Waals surface area contributed by atoms with Gasteiger partial charge in [-0.15, -0.1) is 0 Å². The van der Waals surface area contributed by atoms with Crippen LogP contribution in [0.1, 0.15) is 31.7 Å². The third-order valence-corrected chi connectivity index (χ3v) is 8.11. The number of rotatable bonds is 10. The van der Waals surface area contributed by atoms with Crippen molar-refractivity contribution in [2.75, 3.05) is 25.6 Å². The number of carbonyl (C=O) groups excluding carboxylic acids is 3. The van der Waals surface area contributed by atoms with Crippen molar-refractivity contribution in [3.05, 3.63) is 60.2 Å². The number of ether oxygens (including phenoxy) is 2. The summed E-state index contributed by atoms with van der Waals surface area (Å²) in [6.45, 7) is 2.15. The largest absolute Gasteiger partial charge is 0.497 e. The summed E-state index contributed by atoms with van der Waals surface area (Å²) in [6.07, 6.45) is 1.81. The zero-order valence-corrected chi connectivity index (χ0v) is 21.8. The Kier molecular flexibility index (Phi) is 7.40. The van der Waals surface area contributed by atoms with Gasteiger partial charge in [-0.05, 0) is 55.5 Å². The lowest BCUT2D eigenvalue weighted by atomic mass is 9.70. The van der Waals surface area contributed by atoms with Crippen molar-refractivity contribution in [2.24, 2.45) is 11.8 Å². The molecular formula is C29H35N3O6. The molecule has 0 aromatic heterocycles. The maximum absolute atomic E-state index is 14.2. The van der Waals surface area contributed by atoms with Gasteiger partial charge in [0, 0.05) is 12.2 Å². The maximum atomic E-state index is 14.2. The van der Waals surface area contributed by atoms with Gasteiger partial charge in [-0.1, -0.05) is 37.3 Å². The molecule has 0 saturated carbocycles. The summed E-state index contributed by atoms with van der Waals surface area (Å²) in [5.41, 5.74) is 0.360. The van der Waals surface area contributed by atoms with E-state index < -0.39 is 41.5 Å². The third kappa shape index (κ3) is 4.43. The zero-order valence-electron chi connectivity index (χ0n) is 21.8. The van der Waals surface area contributed by atoms with E-state index in [1.807, 2.05) is 37.3 Å². The summed E-state index contributed by atoms with van der Waals surface area (Å²) in [4.78, 5) is 42.9. The lowest BCUT2D eigenvalue weighted by Crippen LogP contribution is -2.56. The van der Waals surface area contributed by atoms with Gasteiger partial charge in [-0.3, -0.25) is 14.4 Å². The monoisotopic (exact) mass is 521 g/mol. The normalized spacial score (nSPS) is 28.2. The number of aliphatic hydroxyl groups excluding tert-OH is 1. The highest BCUT2D eigenvalue weighted by atomic mass is 16.5. The smallest absolute Gasteiger partial charge is 0.250 e. The van der Waals surface area contributed by atoms with Crippen molar-refractivity contribution in [1.82, 2.24) is 10.2 Å². The number of nitrogens with zero attached hydrogens (tertiary/aromatic N) is 1. The van der Waals surface area contributed by atoms with Crippen molar-refractivity contribution in [1.29, 1.82) is 0 Å². The molecule has 2 unspecified atom stereocenters. The molecule has 3 aliphatic rings. The first-order valence-corrected chi connectivity index (χ1v) is 13.3. The van der Waals surface area contributed by atoms with Crippen molar-refractivity contribution in [3.63, 3.8) is 0 Å². The number of methoxy groups -OCH3 is 1. The molecule has 3 fully saturated rings. The SMILES string of the molecule is CCCNC(=O)[C@@H]1[C@H]2C(=O)N([C@@H](CO)Cc3ccccc3)C(C(=O)Nc3ccc(OC)cc3)C23CC[C@H]1O3. The van der Waals surface area contributed by atoms with Crippen LogP contribution in [0.3, 0.4) is 0 Å². The second kappa shape index (κ2) is 10.7. The van der Waals surface area contributed by atoms with Gasteiger partial charge in [-0.25, -0.2) is 0 Å². The van der Waals surface area contributed by atoms with Crippen molar-refractivity contribution in [3.8, 4) is 5.75 Å². The molecule has 5 rings (SSSR count). The lowest BCUT2D eigenvalue weighted by Gasteiger charge is -2.36. The second-order valence-electron chi connectivity index (χ2n) is 10.3. The van der Waals surface area contributed by atoms with Gasteiger partial charge in [-0.2, -0.15) is 0 Å². The van der Waals surface area contributed by atoms with Gasteiger partial charge in [0.15, 0.2) is 0 Å². The third-order valence-electron chi connectivity index (χ3n) is 8.11. The average molecular weight is 522 g/mol. The van der Waals surface area contributed by atoms with Crippen LogP contribution in [0, 0.1) is 11.8 Å². The van der Waals surface area contributed by atoms with Gasteiger partial charge in [0.05, 0.1) is 37.7 Å². The number of aliphatic hydroxyl groups is 1. The van der Waals surface area contributed by atoms with E-state index in [0.717, 1.165) is 12.0 Å². The molecule has 0 aliphatic carbocycles. The molecule has 202 valence electrons. The van der Waals surface area contributed by atoms with Crippen LogP contribution in [0.2, 0.25) is 0 Å². The molecule has 2 bridgehead atoms. The Hall–Kier alpha value is -3.43. The minimum atomic E-state index is -1.13. The molecule has 3 aliphatic heterocycles. The molecule has 9 heteroatoms. The summed E-state index contributed by atoms with van der Waals surface area (Å²) in [5.74, 6) is -1.71. The summed E-state index contributed by atoms with van der Waals surface area (Å²) < 4.78 is 11.7. The number of likely N-dealkylation sites (tertiary alicyclic amines) is 1. The summed E-state index contributed by atoms with van der Waals surface area (Å²) >= 11 is 0. The van der Waals surface area contributed by atoms with Gasteiger partial charge < -0.3 is 30.1 Å². The van der Waals surface area contributed by atoms with Crippen LogP contribution < -0.4 is 15.4 Å². The molecule has 1 spiro atoms. The maximum Gasteiger partial charge on any atom is 0.250 e. The molecule has 3 saturated heterocycles. The van der Waals surface area contributed by atoms with Crippen molar-refractivity contribution in [2.45, 2.75) is 56.4 Å². The average Bonchev–Trinajstić information content (AvgIpc) is 3.58. The fourth-order valence-electron chi connectivity index (χ4n) is 6.47. The molecular weight excluding hydrogens is 486 g/mol. The number of hydrogen-bond acceptors (Lipinski definition) is 6. The van der Waals surface area contributed by atoms with Gasteiger partial charge in [0.25, 0.3) is 0 Å². The predicted molar refractivity (Wildman–Crippen MR) is 140 cm³/mol. The van der Waals surface area contributed by atoms with Crippen LogP contribution in [-0.2, 0) is 25.5 Å². The Labute approximate surface area is 222 Å². The predicted octanol–water partition coefficient (Wildman–Crippen LogP) is 2.14. The van der Waals surface area contributed by atoms with E-state index in [0.29, 0.717) is 37.2 Å². The standard InChI is InChI=1S/C29H35N3O6/c1-3-15-30-26(34)23-22-13-14-29(38-22)24(23)28(36)32(20(17-33)16-18-7-5-4-6-8-18)25(29)27(35)31-19-9-11-21(37-2)12-10-19/h4-12,20,22-25,33H,3,13-17H2,1-2H3,(H,30,34)(H,31,35)/t20-,22-,23+,24+,25?,29?/m1/s1. The highest BCUT2D eigenvalue weighted by Crippen LogP contribution is 2.59. The minimum absolute atomic E-state index is 0.212. The van der Waals surface area contributed by atoms with Crippen LogP contribution >= 0.6 is 0 Å². The lowest BCUT2D eigenvalue weighted by molar-refractivity contribution is -0.144. The first kappa shape index (κ1) is 26.2. The van der Waals surface area contributed by atoms with Crippen LogP contribution in [0.5, 0.6) is 5.75 Å². The van der Waals surface area contributed by atoms with E-state index in [1.54, 1.807) is 31.4 Å². The van der Waals surface area contributed by atoms with E-state index in [-0.39, 0.29) is 18.4 Å². The Morgan fingerprint density at radius 1 is 1.16 bits per heavy atom. The molecule has 3 amide bonds. The van der Waals surface area contributed by atoms with E-state index >= 15 is 0 Å². The Bertz CT molecular complexity index is 1170. The fourth-order valence-corrected chi connectivity index (χ4v) is 6.47. The van der Waals surface area contributed by atoms with E-state index in [2.05, 4.69) is 10.6 Å². The van der Waals surface area contributed by atoms with Crippen molar-refractivity contribution < 1.29 is 29.0 Å². The van der Waals surface area contributed by atoms with Gasteiger partial charge in [0.2, 0.25) is 17.7 Å². The van der Waals surface area contributed by atoms with E-state index in [9.17, 15) is 19.5 Å². The van der Waals surface area contributed by atoms with Crippen molar-refractivity contribution >= 4 is 23.4 Å². The summed E-state index contributed by atoms with van der Waals surface area (Å²) in [7, 11) is 1.57. The first-order valence-electron chi connectivity index (χ1n) is 13.3. The summed E-state index contributed by atoms with van der Waals surface area (Å²) in [6, 6.07) is 14.9. The number of amides is 3. The number of anilines is 1. The molecule has 3 N–H and O–H groups in total. The van der Waals surface area contributed by atoms with Gasteiger partial charge in [0.1, 0.15) is 17.4 Å². The van der Waals surface area contributed by atoms with Crippen LogP contribution in [0.4, 0.5) is 5.69 Å². The Morgan fingerprint density at radius 2 is 1.89 bits per heavy atom. The second-order valence-corrected chi connectivity index (χ2v) is 10.3. The minimum Gasteiger partial charge on any atom is -0.497 e. The molecule has 9 nitrogen and oxygen atoms in total. The number of hydrogen-bond donors (Lipinski definition) is 3. The number of fused-ring (bicyclic) bond motifs is 1.